The fourth-order valence-electron chi connectivity index (χ4n) is 2.16. The quantitative estimate of drug-likeness (QED) is 0.523. The Morgan fingerprint density at radius 1 is 1.21 bits per heavy atom. The van der Waals surface area contributed by atoms with E-state index >= 15 is 0 Å². The van der Waals surface area contributed by atoms with Crippen LogP contribution in [0.3, 0.4) is 0 Å². The number of carbonyl (C=O) groups excluding carboxylic acids is 1. The van der Waals surface area contributed by atoms with Crippen molar-refractivity contribution in [3.05, 3.63) is 52.8 Å². The lowest BCUT2D eigenvalue weighted by Gasteiger charge is -2.11. The van der Waals surface area contributed by atoms with Crippen LogP contribution in [0.25, 0.3) is 0 Å². The van der Waals surface area contributed by atoms with Gasteiger partial charge in [0.05, 0.1) is 27.8 Å². The van der Waals surface area contributed by atoms with E-state index < -0.39 is 27.7 Å². The lowest BCUT2D eigenvalue weighted by atomic mass is 10.2. The van der Waals surface area contributed by atoms with Gasteiger partial charge in [-0.1, -0.05) is 11.6 Å². The number of amides is 1. The van der Waals surface area contributed by atoms with E-state index in [0.717, 1.165) is 18.2 Å². The van der Waals surface area contributed by atoms with Gasteiger partial charge in [0, 0.05) is 6.42 Å². The molecule has 11 heteroatoms. The predicted octanol–water partition coefficient (Wildman–Crippen LogP) is 2.62. The number of hydrogen-bond donors (Lipinski definition) is 3. The minimum atomic E-state index is -4.14. The molecule has 4 N–H and O–H groups in total. The minimum absolute atomic E-state index is 0.0278. The number of halogens is 2. The predicted molar refractivity (Wildman–Crippen MR) is 99.5 cm³/mol. The number of carboxylic acid groups (broad SMARTS) is 1. The summed E-state index contributed by atoms with van der Waals surface area (Å²) >= 11 is 5.88. The summed E-state index contributed by atoms with van der Waals surface area (Å²) in [4.78, 5) is 21.2. The number of anilines is 1. The number of primary amides is 1. The van der Waals surface area contributed by atoms with Crippen molar-refractivity contribution in [1.29, 1.82) is 0 Å². The average molecular weight is 431 g/mol. The van der Waals surface area contributed by atoms with Gasteiger partial charge in [0.1, 0.15) is 0 Å². The van der Waals surface area contributed by atoms with E-state index in [0.29, 0.717) is 0 Å². The Bertz CT molecular complexity index is 1010. The van der Waals surface area contributed by atoms with Gasteiger partial charge < -0.3 is 15.6 Å². The van der Waals surface area contributed by atoms with Crippen LogP contribution in [0.15, 0.2) is 41.3 Å². The van der Waals surface area contributed by atoms with Crippen molar-refractivity contribution in [2.75, 3.05) is 11.3 Å². The number of carbonyl (C=O) groups is 2. The van der Waals surface area contributed by atoms with Crippen LogP contribution < -0.4 is 15.2 Å². The number of sulfonamides is 1. The Morgan fingerprint density at radius 3 is 2.50 bits per heavy atom. The van der Waals surface area contributed by atoms with Crippen LogP contribution in [0, 0.1) is 5.82 Å². The van der Waals surface area contributed by atoms with E-state index in [4.69, 9.17) is 27.2 Å². The number of rotatable bonds is 9. The van der Waals surface area contributed by atoms with Crippen molar-refractivity contribution in [2.24, 2.45) is 5.73 Å². The first-order chi connectivity index (χ1) is 13.1. The first-order valence-corrected chi connectivity index (χ1v) is 9.72. The van der Waals surface area contributed by atoms with Gasteiger partial charge in [-0.2, -0.15) is 0 Å². The number of carboxylic acids is 1. The highest BCUT2D eigenvalue weighted by Crippen LogP contribution is 2.25. The Morgan fingerprint density at radius 2 is 1.93 bits per heavy atom. The van der Waals surface area contributed by atoms with Gasteiger partial charge in [-0.25, -0.2) is 12.8 Å². The molecule has 2 rings (SSSR count). The summed E-state index contributed by atoms with van der Waals surface area (Å²) in [6, 6.07) is 6.80. The lowest BCUT2D eigenvalue weighted by molar-refractivity contribution is -0.137. The van der Waals surface area contributed by atoms with Crippen molar-refractivity contribution >= 4 is 39.2 Å². The number of hydrogen-bond acceptors (Lipinski definition) is 5. The van der Waals surface area contributed by atoms with Gasteiger partial charge >= 0.3 is 5.97 Å². The van der Waals surface area contributed by atoms with Crippen molar-refractivity contribution in [1.82, 2.24) is 0 Å². The van der Waals surface area contributed by atoms with Crippen LogP contribution in [-0.2, 0) is 14.8 Å². The molecule has 150 valence electrons. The summed E-state index contributed by atoms with van der Waals surface area (Å²) in [5, 5.41) is 8.50. The van der Waals surface area contributed by atoms with Crippen LogP contribution in [-0.4, -0.2) is 32.0 Å². The van der Waals surface area contributed by atoms with Crippen LogP contribution in [0.4, 0.5) is 10.1 Å². The number of aliphatic carboxylic acids is 1. The highest BCUT2D eigenvalue weighted by Gasteiger charge is 2.18. The first kappa shape index (κ1) is 21.5. The van der Waals surface area contributed by atoms with Gasteiger partial charge in [-0.05, 0) is 42.8 Å². The second-order valence-corrected chi connectivity index (χ2v) is 7.69. The Kier molecular flexibility index (Phi) is 6.81. The molecule has 0 spiro atoms. The molecule has 0 saturated carbocycles. The zero-order valence-corrected chi connectivity index (χ0v) is 15.9. The molecule has 0 bridgehead atoms. The van der Waals surface area contributed by atoms with Crippen molar-refractivity contribution in [3.63, 3.8) is 0 Å². The smallest absolute Gasteiger partial charge is 0.303 e. The standard InChI is InChI=1S/C17H16ClFN2O6S/c18-13-8-10(3-5-12(13)17(20)24)21-28(25,26)11-4-6-15(14(19)9-11)27-7-1-2-16(22)23/h3-6,8-9,21H,1-2,7H2,(H2,20,24)(H,22,23). The largest absolute Gasteiger partial charge is 0.491 e. The highest BCUT2D eigenvalue weighted by atomic mass is 35.5. The van der Waals surface area contributed by atoms with Gasteiger partial charge in [0.25, 0.3) is 10.0 Å². The second-order valence-electron chi connectivity index (χ2n) is 5.60. The molecule has 0 aliphatic heterocycles. The summed E-state index contributed by atoms with van der Waals surface area (Å²) in [5.41, 5.74) is 5.21. The molecule has 0 radical (unpaired) electrons. The van der Waals surface area contributed by atoms with Gasteiger partial charge in [0.15, 0.2) is 11.6 Å². The summed E-state index contributed by atoms with van der Waals surface area (Å²) in [6.07, 6.45) is 0.0491. The molecule has 0 unspecified atom stereocenters. The number of nitrogens with two attached hydrogens (primary N) is 1. The molecule has 0 fully saturated rings. The average Bonchev–Trinajstić information content (AvgIpc) is 2.58. The number of benzene rings is 2. The molecule has 28 heavy (non-hydrogen) atoms. The third-order valence-corrected chi connectivity index (χ3v) is 5.18. The maximum atomic E-state index is 14.1. The van der Waals surface area contributed by atoms with E-state index in [1.54, 1.807) is 0 Å². The lowest BCUT2D eigenvalue weighted by Crippen LogP contribution is -2.15. The molecule has 2 aromatic rings. The Hall–Kier alpha value is -2.85. The van der Waals surface area contributed by atoms with E-state index in [1.807, 2.05) is 0 Å². The molecule has 2 aromatic carbocycles. The van der Waals surface area contributed by atoms with Crippen LogP contribution in [0.1, 0.15) is 23.2 Å². The zero-order chi connectivity index (χ0) is 20.9. The molecule has 8 nitrogen and oxygen atoms in total. The molecule has 0 saturated heterocycles. The van der Waals surface area contributed by atoms with Gasteiger partial charge in [-0.3, -0.25) is 14.3 Å². The zero-order valence-electron chi connectivity index (χ0n) is 14.3. The van der Waals surface area contributed by atoms with E-state index in [2.05, 4.69) is 4.72 Å². The van der Waals surface area contributed by atoms with Gasteiger partial charge in [0.2, 0.25) is 5.91 Å². The Labute approximate surface area is 165 Å². The fraction of sp³-hybridized carbons (Fsp3) is 0.176. The van der Waals surface area contributed by atoms with Crippen LogP contribution >= 0.6 is 11.6 Å². The molecule has 0 aromatic heterocycles. The monoisotopic (exact) mass is 430 g/mol. The molecular weight excluding hydrogens is 415 g/mol. The molecule has 0 atom stereocenters. The van der Waals surface area contributed by atoms with Gasteiger partial charge in [-0.15, -0.1) is 0 Å². The maximum Gasteiger partial charge on any atom is 0.303 e. The minimum Gasteiger partial charge on any atom is -0.491 e. The summed E-state index contributed by atoms with van der Waals surface area (Å²) in [6.45, 7) is -0.0295. The molecule has 0 aliphatic rings. The highest BCUT2D eigenvalue weighted by molar-refractivity contribution is 7.92. The maximum absolute atomic E-state index is 14.1. The van der Waals surface area contributed by atoms with E-state index in [-0.39, 0.29) is 46.4 Å². The van der Waals surface area contributed by atoms with Crippen LogP contribution in [0.2, 0.25) is 5.02 Å². The molecular formula is C17H16ClFN2O6S. The van der Waals surface area contributed by atoms with E-state index in [1.165, 1.54) is 18.2 Å². The molecule has 0 aliphatic carbocycles. The normalized spacial score (nSPS) is 11.1. The SMILES string of the molecule is NC(=O)c1ccc(NS(=O)(=O)c2ccc(OCCCC(=O)O)c(F)c2)cc1Cl. The third kappa shape index (κ3) is 5.57. The summed E-state index contributed by atoms with van der Waals surface area (Å²) in [5.74, 6) is -2.88. The van der Waals surface area contributed by atoms with Crippen LogP contribution in [0.5, 0.6) is 5.75 Å². The third-order valence-electron chi connectivity index (χ3n) is 3.49. The molecule has 1 amide bonds. The first-order valence-electron chi connectivity index (χ1n) is 7.86. The van der Waals surface area contributed by atoms with Crippen molar-refractivity contribution in [3.8, 4) is 5.75 Å². The van der Waals surface area contributed by atoms with Crippen molar-refractivity contribution in [2.45, 2.75) is 17.7 Å². The summed E-state index contributed by atoms with van der Waals surface area (Å²) < 4.78 is 46.3. The fourth-order valence-corrected chi connectivity index (χ4v) is 3.50. The second kappa shape index (κ2) is 8.89. The van der Waals surface area contributed by atoms with E-state index in [9.17, 15) is 22.4 Å². The van der Waals surface area contributed by atoms with Crippen molar-refractivity contribution < 1.29 is 32.2 Å². The topological polar surface area (TPSA) is 136 Å². The summed E-state index contributed by atoms with van der Waals surface area (Å²) in [7, 11) is -4.14. The molecule has 0 heterocycles. The Balaban J connectivity index is 2.13. The number of ether oxygens (including phenoxy) is 1. The number of nitrogens with one attached hydrogen (secondary N) is 1.